The van der Waals surface area contributed by atoms with Gasteiger partial charge >= 0.3 is 5.97 Å². The first-order valence-corrected chi connectivity index (χ1v) is 9.69. The molecule has 1 saturated heterocycles. The third-order valence-electron chi connectivity index (χ3n) is 3.25. The van der Waals surface area contributed by atoms with Gasteiger partial charge in [-0.05, 0) is 36.6 Å². The fourth-order valence-corrected chi connectivity index (χ4v) is 3.84. The largest absolute Gasteiger partial charge is 0.466 e. The molecule has 0 N–H and O–H groups in total. The third kappa shape index (κ3) is 5.43. The molecule has 24 heavy (non-hydrogen) atoms. The van der Waals surface area contributed by atoms with Crippen molar-refractivity contribution in [3.05, 3.63) is 39.2 Å². The summed E-state index contributed by atoms with van der Waals surface area (Å²) in [6.45, 7) is 2.82. The number of thioether (sulfide) groups is 1. The van der Waals surface area contributed by atoms with Gasteiger partial charge in [0.05, 0.1) is 11.5 Å². The average molecular weight is 428 g/mol. The second-order valence-electron chi connectivity index (χ2n) is 5.21. The maximum atomic E-state index is 12.5. The summed E-state index contributed by atoms with van der Waals surface area (Å²) in [6, 6.07) is 7.72. The van der Waals surface area contributed by atoms with Crippen LogP contribution < -0.4 is 0 Å². The molecular weight excluding hydrogens is 410 g/mol. The highest BCUT2D eigenvalue weighted by Gasteiger charge is 2.31. The molecule has 1 fully saturated rings. The van der Waals surface area contributed by atoms with Gasteiger partial charge in [0.25, 0.3) is 5.91 Å². The van der Waals surface area contributed by atoms with E-state index in [0.29, 0.717) is 35.2 Å². The van der Waals surface area contributed by atoms with Gasteiger partial charge < -0.3 is 4.74 Å². The molecule has 0 atom stereocenters. The van der Waals surface area contributed by atoms with Crippen molar-refractivity contribution in [2.45, 2.75) is 26.2 Å². The molecule has 1 amide bonds. The highest BCUT2D eigenvalue weighted by molar-refractivity contribution is 9.10. The van der Waals surface area contributed by atoms with Crippen molar-refractivity contribution in [1.29, 1.82) is 0 Å². The van der Waals surface area contributed by atoms with Gasteiger partial charge in [-0.2, -0.15) is 0 Å². The molecular formula is C17H18BrNO3S2. The summed E-state index contributed by atoms with van der Waals surface area (Å²) in [6.07, 6.45) is 3.47. The van der Waals surface area contributed by atoms with Crippen LogP contribution in [0.4, 0.5) is 0 Å². The Hall–Kier alpha value is -1.18. The first kappa shape index (κ1) is 19.1. The first-order chi connectivity index (χ1) is 11.5. The van der Waals surface area contributed by atoms with E-state index in [0.717, 1.165) is 16.5 Å². The van der Waals surface area contributed by atoms with Crippen LogP contribution >= 0.6 is 39.9 Å². The van der Waals surface area contributed by atoms with E-state index in [-0.39, 0.29) is 11.9 Å². The second kappa shape index (κ2) is 9.34. The van der Waals surface area contributed by atoms with Crippen LogP contribution in [0.3, 0.4) is 0 Å². The summed E-state index contributed by atoms with van der Waals surface area (Å²) in [4.78, 5) is 26.1. The number of halogens is 1. The van der Waals surface area contributed by atoms with E-state index in [4.69, 9.17) is 17.0 Å². The first-order valence-electron chi connectivity index (χ1n) is 7.68. The van der Waals surface area contributed by atoms with Crippen LogP contribution in [0, 0.1) is 0 Å². The number of thiocarbonyl (C=S) groups is 1. The number of carbonyl (C=O) groups excluding carboxylic acids is 2. The van der Waals surface area contributed by atoms with Gasteiger partial charge in [0.15, 0.2) is 0 Å². The summed E-state index contributed by atoms with van der Waals surface area (Å²) in [5, 5.41) is 0. The van der Waals surface area contributed by atoms with Crippen molar-refractivity contribution >= 4 is 62.2 Å². The lowest BCUT2D eigenvalue weighted by Gasteiger charge is -2.13. The number of ether oxygens (including phenoxy) is 1. The molecule has 0 unspecified atom stereocenters. The van der Waals surface area contributed by atoms with Crippen molar-refractivity contribution in [2.24, 2.45) is 0 Å². The van der Waals surface area contributed by atoms with E-state index in [9.17, 15) is 9.59 Å². The lowest BCUT2D eigenvalue weighted by atomic mass is 10.2. The lowest BCUT2D eigenvalue weighted by molar-refractivity contribution is -0.144. The van der Waals surface area contributed by atoms with E-state index < -0.39 is 0 Å². The standard InChI is InChI=1S/C17H18BrNO3S2/c1-2-9-22-15(20)7-4-8-19-16(21)14(24-17(19)23)11-12-5-3-6-13(18)10-12/h3,5-6,10-11H,2,4,7-9H2,1H3/b14-11-. The Balaban J connectivity index is 1.93. The van der Waals surface area contributed by atoms with Gasteiger partial charge in [0.1, 0.15) is 4.32 Å². The van der Waals surface area contributed by atoms with Crippen LogP contribution in [0.1, 0.15) is 31.7 Å². The normalized spacial score (nSPS) is 16.1. The molecule has 0 aliphatic carbocycles. The van der Waals surface area contributed by atoms with E-state index >= 15 is 0 Å². The number of amides is 1. The molecule has 0 aromatic heterocycles. The minimum atomic E-state index is -0.230. The molecule has 0 radical (unpaired) electrons. The van der Waals surface area contributed by atoms with Crippen molar-refractivity contribution in [2.75, 3.05) is 13.2 Å². The zero-order chi connectivity index (χ0) is 17.5. The Bertz CT molecular complexity index is 676. The molecule has 0 saturated carbocycles. The highest BCUT2D eigenvalue weighted by Crippen LogP contribution is 2.33. The average Bonchev–Trinajstić information content (AvgIpc) is 2.80. The van der Waals surface area contributed by atoms with Gasteiger partial charge in [0, 0.05) is 17.4 Å². The fraction of sp³-hybridized carbons (Fsp3) is 0.353. The molecule has 0 bridgehead atoms. The Morgan fingerprint density at radius 2 is 2.25 bits per heavy atom. The monoisotopic (exact) mass is 427 g/mol. The number of hydrogen-bond acceptors (Lipinski definition) is 5. The minimum Gasteiger partial charge on any atom is -0.466 e. The molecule has 2 rings (SSSR count). The number of rotatable bonds is 7. The second-order valence-corrected chi connectivity index (χ2v) is 7.80. The summed E-state index contributed by atoms with van der Waals surface area (Å²) < 4.78 is 6.51. The summed E-state index contributed by atoms with van der Waals surface area (Å²) in [5.41, 5.74) is 0.938. The molecule has 1 aromatic carbocycles. The van der Waals surface area contributed by atoms with Crippen molar-refractivity contribution in [3.63, 3.8) is 0 Å². The molecule has 1 aliphatic heterocycles. The van der Waals surface area contributed by atoms with Crippen molar-refractivity contribution in [1.82, 2.24) is 4.90 Å². The Labute approximate surface area is 159 Å². The quantitative estimate of drug-likeness (QED) is 0.366. The predicted molar refractivity (Wildman–Crippen MR) is 105 cm³/mol. The smallest absolute Gasteiger partial charge is 0.305 e. The summed E-state index contributed by atoms with van der Waals surface area (Å²) in [5.74, 6) is -0.334. The maximum Gasteiger partial charge on any atom is 0.305 e. The predicted octanol–water partition coefficient (Wildman–Crippen LogP) is 4.38. The highest BCUT2D eigenvalue weighted by atomic mass is 79.9. The van der Waals surface area contributed by atoms with Crippen LogP contribution in [0.2, 0.25) is 0 Å². The Morgan fingerprint density at radius 1 is 1.46 bits per heavy atom. The molecule has 0 spiro atoms. The molecule has 128 valence electrons. The van der Waals surface area contributed by atoms with Gasteiger partial charge in [-0.25, -0.2) is 0 Å². The van der Waals surface area contributed by atoms with Gasteiger partial charge in [0.2, 0.25) is 0 Å². The van der Waals surface area contributed by atoms with Gasteiger partial charge in [-0.3, -0.25) is 14.5 Å². The summed E-state index contributed by atoms with van der Waals surface area (Å²) in [7, 11) is 0. The zero-order valence-corrected chi connectivity index (χ0v) is 16.5. The molecule has 4 nitrogen and oxygen atoms in total. The topological polar surface area (TPSA) is 46.6 Å². The van der Waals surface area contributed by atoms with Crippen LogP contribution in [-0.2, 0) is 14.3 Å². The van der Waals surface area contributed by atoms with Gasteiger partial charge in [-0.15, -0.1) is 0 Å². The van der Waals surface area contributed by atoms with E-state index in [2.05, 4.69) is 15.9 Å². The lowest BCUT2D eigenvalue weighted by Crippen LogP contribution is -2.29. The van der Waals surface area contributed by atoms with Crippen molar-refractivity contribution < 1.29 is 14.3 Å². The Kier molecular flexibility index (Phi) is 7.45. The number of carbonyl (C=O) groups is 2. The van der Waals surface area contributed by atoms with E-state index in [1.807, 2.05) is 37.3 Å². The van der Waals surface area contributed by atoms with Crippen LogP contribution in [0.25, 0.3) is 6.08 Å². The molecule has 1 aliphatic rings. The number of nitrogens with zero attached hydrogens (tertiary/aromatic N) is 1. The van der Waals surface area contributed by atoms with Gasteiger partial charge in [-0.1, -0.05) is 59.0 Å². The zero-order valence-electron chi connectivity index (χ0n) is 13.3. The molecule has 7 heteroatoms. The molecule has 1 heterocycles. The van der Waals surface area contributed by atoms with E-state index in [1.165, 1.54) is 11.8 Å². The molecule has 1 aromatic rings. The maximum absolute atomic E-state index is 12.5. The van der Waals surface area contributed by atoms with Crippen LogP contribution in [0.15, 0.2) is 33.6 Å². The number of esters is 1. The fourth-order valence-electron chi connectivity index (χ4n) is 2.11. The minimum absolute atomic E-state index is 0.105. The summed E-state index contributed by atoms with van der Waals surface area (Å²) >= 11 is 10.00. The number of hydrogen-bond donors (Lipinski definition) is 0. The Morgan fingerprint density at radius 3 is 2.96 bits per heavy atom. The van der Waals surface area contributed by atoms with Crippen LogP contribution in [0.5, 0.6) is 0 Å². The SMILES string of the molecule is CCCOC(=O)CCCN1C(=O)/C(=C/c2cccc(Br)c2)SC1=S. The van der Waals surface area contributed by atoms with E-state index in [1.54, 1.807) is 4.90 Å². The van der Waals surface area contributed by atoms with Crippen molar-refractivity contribution in [3.8, 4) is 0 Å². The number of benzene rings is 1. The third-order valence-corrected chi connectivity index (χ3v) is 5.12. The van der Waals surface area contributed by atoms with Crippen LogP contribution in [-0.4, -0.2) is 34.2 Å².